The highest BCUT2D eigenvalue weighted by Gasteiger charge is 2.14. The third kappa shape index (κ3) is 2.51. The molecule has 0 aliphatic heterocycles. The summed E-state index contributed by atoms with van der Waals surface area (Å²) in [5, 5.41) is 14.2. The van der Waals surface area contributed by atoms with E-state index in [0.717, 1.165) is 5.56 Å². The average molecular weight is 246 g/mol. The van der Waals surface area contributed by atoms with Gasteiger partial charge in [-0.1, -0.05) is 22.9 Å². The Morgan fingerprint density at radius 2 is 2.00 bits per heavy atom. The Balaban J connectivity index is 2.12. The first kappa shape index (κ1) is 12.2. The number of ether oxygens (including phenoxy) is 1. The minimum absolute atomic E-state index is 0.0850. The Bertz CT molecular complexity index is 557. The lowest BCUT2D eigenvalue weighted by molar-refractivity contribution is -0.255. The van der Waals surface area contributed by atoms with Gasteiger partial charge in [0.1, 0.15) is 23.8 Å². The number of benzene rings is 1. The lowest BCUT2D eigenvalue weighted by Crippen LogP contribution is -2.24. The molecule has 0 amide bonds. The van der Waals surface area contributed by atoms with Crippen LogP contribution in [0.1, 0.15) is 27.4 Å². The number of carboxylic acids is 1. The Labute approximate surface area is 104 Å². The van der Waals surface area contributed by atoms with Gasteiger partial charge in [0.15, 0.2) is 0 Å². The number of carbonyl (C=O) groups excluding carboxylic acids is 1. The van der Waals surface area contributed by atoms with E-state index < -0.39 is 5.97 Å². The number of hydrogen-bond acceptors (Lipinski definition) is 5. The molecule has 0 bridgehead atoms. The lowest BCUT2D eigenvalue weighted by atomic mass is 10.2. The smallest absolute Gasteiger partial charge is 0.140 e. The zero-order chi connectivity index (χ0) is 13.1. The molecule has 5 heteroatoms. The third-order valence-corrected chi connectivity index (χ3v) is 2.58. The molecule has 5 nitrogen and oxygen atoms in total. The van der Waals surface area contributed by atoms with Crippen LogP contribution in [-0.2, 0) is 6.61 Å². The summed E-state index contributed by atoms with van der Waals surface area (Å²) in [7, 11) is 0. The molecule has 2 aromatic rings. The van der Waals surface area contributed by atoms with E-state index in [-0.39, 0.29) is 12.3 Å². The van der Waals surface area contributed by atoms with E-state index in [2.05, 4.69) is 5.16 Å². The summed E-state index contributed by atoms with van der Waals surface area (Å²) < 4.78 is 10.3. The molecule has 0 fully saturated rings. The Morgan fingerprint density at radius 3 is 2.61 bits per heavy atom. The van der Waals surface area contributed by atoms with Crippen LogP contribution in [0.3, 0.4) is 0 Å². The number of aromatic carboxylic acids is 1. The maximum absolute atomic E-state index is 10.8. The van der Waals surface area contributed by atoms with Gasteiger partial charge in [-0.25, -0.2) is 0 Å². The van der Waals surface area contributed by atoms with Crippen LogP contribution < -0.4 is 9.84 Å². The topological polar surface area (TPSA) is 75.4 Å². The van der Waals surface area contributed by atoms with Gasteiger partial charge in [0, 0.05) is 0 Å². The molecule has 0 aliphatic rings. The van der Waals surface area contributed by atoms with Gasteiger partial charge < -0.3 is 19.2 Å². The van der Waals surface area contributed by atoms with Gasteiger partial charge in [-0.3, -0.25) is 0 Å². The molecule has 0 saturated carbocycles. The highest BCUT2D eigenvalue weighted by atomic mass is 16.5. The number of nitrogens with zero attached hydrogens (tertiary/aromatic N) is 1. The Hall–Kier alpha value is -2.30. The molecular formula is C13H12NO4-. The van der Waals surface area contributed by atoms with E-state index in [1.807, 2.05) is 31.2 Å². The van der Waals surface area contributed by atoms with Crippen LogP contribution in [-0.4, -0.2) is 11.1 Å². The highest BCUT2D eigenvalue weighted by Crippen LogP contribution is 2.17. The van der Waals surface area contributed by atoms with E-state index in [0.29, 0.717) is 17.1 Å². The van der Waals surface area contributed by atoms with Crippen molar-refractivity contribution in [3.05, 3.63) is 46.8 Å². The van der Waals surface area contributed by atoms with Crippen molar-refractivity contribution in [2.75, 3.05) is 0 Å². The predicted octanol–water partition coefficient (Wildman–Crippen LogP) is 1.23. The third-order valence-electron chi connectivity index (χ3n) is 2.58. The molecule has 1 heterocycles. The Kier molecular flexibility index (Phi) is 3.32. The largest absolute Gasteiger partial charge is 0.543 e. The molecule has 1 aromatic carbocycles. The number of aryl methyl sites for hydroxylation is 2. The number of carboxylic acid groups (broad SMARTS) is 1. The summed E-state index contributed by atoms with van der Waals surface area (Å²) in [6.07, 6.45) is 0. The second-order valence-electron chi connectivity index (χ2n) is 3.96. The van der Waals surface area contributed by atoms with Crippen molar-refractivity contribution in [1.82, 2.24) is 5.16 Å². The lowest BCUT2D eigenvalue weighted by Gasteiger charge is -2.07. The Morgan fingerprint density at radius 1 is 1.33 bits per heavy atom. The summed E-state index contributed by atoms with van der Waals surface area (Å²) in [6, 6.07) is 7.46. The summed E-state index contributed by atoms with van der Waals surface area (Å²) >= 11 is 0. The van der Waals surface area contributed by atoms with Crippen molar-refractivity contribution in [2.45, 2.75) is 20.5 Å². The van der Waals surface area contributed by atoms with E-state index >= 15 is 0 Å². The molecule has 0 saturated heterocycles. The van der Waals surface area contributed by atoms with Crippen LogP contribution >= 0.6 is 0 Å². The fourth-order valence-corrected chi connectivity index (χ4v) is 1.51. The SMILES string of the molecule is Cc1ccc(OCc2c(C(=O)[O-])noc2C)cc1. The molecule has 2 rings (SSSR count). The maximum atomic E-state index is 10.8. The molecule has 0 unspecified atom stereocenters. The van der Waals surface area contributed by atoms with Crippen molar-refractivity contribution in [3.63, 3.8) is 0 Å². The van der Waals surface area contributed by atoms with Crippen LogP contribution in [0.25, 0.3) is 0 Å². The summed E-state index contributed by atoms with van der Waals surface area (Å²) in [4.78, 5) is 10.8. The zero-order valence-electron chi connectivity index (χ0n) is 10.1. The van der Waals surface area contributed by atoms with Crippen LogP contribution in [0.5, 0.6) is 5.75 Å². The molecule has 1 aromatic heterocycles. The first-order valence-electron chi connectivity index (χ1n) is 5.44. The van der Waals surface area contributed by atoms with Crippen LogP contribution in [0.2, 0.25) is 0 Å². The molecule has 0 atom stereocenters. The van der Waals surface area contributed by atoms with Gasteiger partial charge in [0.05, 0.1) is 11.5 Å². The van der Waals surface area contributed by atoms with Gasteiger partial charge in [0.25, 0.3) is 0 Å². The van der Waals surface area contributed by atoms with Gasteiger partial charge in [0.2, 0.25) is 0 Å². The minimum Gasteiger partial charge on any atom is -0.543 e. The zero-order valence-corrected chi connectivity index (χ0v) is 10.1. The monoisotopic (exact) mass is 246 g/mol. The summed E-state index contributed by atoms with van der Waals surface area (Å²) in [5.41, 5.74) is 1.31. The minimum atomic E-state index is -1.37. The fourth-order valence-electron chi connectivity index (χ4n) is 1.51. The second kappa shape index (κ2) is 4.91. The van der Waals surface area contributed by atoms with E-state index in [9.17, 15) is 9.90 Å². The highest BCUT2D eigenvalue weighted by molar-refractivity contribution is 5.85. The average Bonchev–Trinajstić information content (AvgIpc) is 2.70. The maximum Gasteiger partial charge on any atom is 0.140 e. The first-order valence-corrected chi connectivity index (χ1v) is 5.44. The second-order valence-corrected chi connectivity index (χ2v) is 3.96. The van der Waals surface area contributed by atoms with Crippen LogP contribution in [0, 0.1) is 13.8 Å². The summed E-state index contributed by atoms with van der Waals surface area (Å²) in [6.45, 7) is 3.69. The van der Waals surface area contributed by atoms with E-state index in [1.54, 1.807) is 6.92 Å². The van der Waals surface area contributed by atoms with Crippen molar-refractivity contribution in [1.29, 1.82) is 0 Å². The van der Waals surface area contributed by atoms with E-state index in [1.165, 1.54) is 0 Å². The molecule has 0 radical (unpaired) electrons. The number of carbonyl (C=O) groups is 1. The van der Waals surface area contributed by atoms with Gasteiger partial charge in [-0.05, 0) is 26.0 Å². The molecular weight excluding hydrogens is 234 g/mol. The molecule has 0 spiro atoms. The van der Waals surface area contributed by atoms with Crippen LogP contribution in [0.15, 0.2) is 28.8 Å². The normalized spacial score (nSPS) is 10.3. The molecule has 94 valence electrons. The fraction of sp³-hybridized carbons (Fsp3) is 0.231. The standard InChI is InChI=1S/C13H13NO4/c1-8-3-5-10(6-4-8)17-7-11-9(2)18-14-12(11)13(15)16/h3-6H,7H2,1-2H3,(H,15,16)/p-1. The van der Waals surface area contributed by atoms with Crippen molar-refractivity contribution < 1.29 is 19.2 Å². The number of aromatic nitrogens is 1. The quantitative estimate of drug-likeness (QED) is 0.811. The van der Waals surface area contributed by atoms with E-state index in [4.69, 9.17) is 9.26 Å². The van der Waals surface area contributed by atoms with Crippen LogP contribution in [0.4, 0.5) is 0 Å². The molecule has 0 N–H and O–H groups in total. The van der Waals surface area contributed by atoms with Crippen molar-refractivity contribution in [2.24, 2.45) is 0 Å². The van der Waals surface area contributed by atoms with Gasteiger partial charge in [-0.15, -0.1) is 0 Å². The van der Waals surface area contributed by atoms with Gasteiger partial charge in [-0.2, -0.15) is 0 Å². The molecule has 0 aliphatic carbocycles. The summed E-state index contributed by atoms with van der Waals surface area (Å²) in [5.74, 6) is -0.291. The predicted molar refractivity (Wildman–Crippen MR) is 61.1 cm³/mol. The number of hydrogen-bond donors (Lipinski definition) is 0. The van der Waals surface area contributed by atoms with Gasteiger partial charge >= 0.3 is 0 Å². The van der Waals surface area contributed by atoms with Crippen molar-refractivity contribution in [3.8, 4) is 5.75 Å². The number of rotatable bonds is 4. The van der Waals surface area contributed by atoms with Crippen molar-refractivity contribution >= 4 is 5.97 Å². The molecule has 18 heavy (non-hydrogen) atoms. The first-order chi connectivity index (χ1) is 8.58.